The largest absolute Gasteiger partial charge is 0.356 e. The highest BCUT2D eigenvalue weighted by molar-refractivity contribution is 5.77. The van der Waals surface area contributed by atoms with Crippen LogP contribution in [0.2, 0.25) is 0 Å². The fourth-order valence-corrected chi connectivity index (χ4v) is 3.26. The number of carbonyl (C=O) groups excluding carboxylic acids is 4. The summed E-state index contributed by atoms with van der Waals surface area (Å²) in [5.74, 6) is -0.199. The van der Waals surface area contributed by atoms with Crippen molar-refractivity contribution in [2.75, 3.05) is 91.6 Å². The summed E-state index contributed by atoms with van der Waals surface area (Å²) < 4.78 is 0. The van der Waals surface area contributed by atoms with Crippen LogP contribution in [-0.4, -0.2) is 125 Å². The Hall–Kier alpha value is -2.36. The van der Waals surface area contributed by atoms with Crippen LogP contribution < -0.4 is 44.2 Å². The Labute approximate surface area is 214 Å². The lowest BCUT2D eigenvalue weighted by Gasteiger charge is -2.27. The van der Waals surface area contributed by atoms with E-state index < -0.39 is 0 Å². The molecular weight excluding hydrogens is 468 g/mol. The normalized spacial score (nSPS) is 10.9. The van der Waals surface area contributed by atoms with Crippen LogP contribution in [0.1, 0.15) is 25.7 Å². The number of hydrogen-bond acceptors (Lipinski definition) is 6. The minimum Gasteiger partial charge on any atom is -0.356 e. The molecule has 0 radical (unpaired) electrons. The van der Waals surface area contributed by atoms with Gasteiger partial charge in [-0.15, -0.1) is 0 Å². The van der Waals surface area contributed by atoms with Crippen molar-refractivity contribution in [3.05, 3.63) is 0 Å². The number of rotatable bonds is 23. The highest BCUT2D eigenvalue weighted by atomic mass is 16.2. The molecule has 0 heterocycles. The number of amides is 4. The van der Waals surface area contributed by atoms with Crippen LogP contribution in [0.4, 0.5) is 0 Å². The maximum Gasteiger partial charge on any atom is 0.221 e. The predicted octanol–water partition coefficient (Wildman–Crippen LogP) is -7.42. The Morgan fingerprint density at radius 2 is 0.639 bits per heavy atom. The topological polar surface area (TPSA) is 233 Å². The van der Waals surface area contributed by atoms with Crippen molar-refractivity contribution >= 4 is 23.6 Å². The second kappa shape index (κ2) is 23.1. The molecule has 0 atom stereocenters. The van der Waals surface area contributed by atoms with Crippen molar-refractivity contribution in [2.24, 2.45) is 0 Å². The molecule has 0 saturated heterocycles. The van der Waals surface area contributed by atoms with Gasteiger partial charge in [0.05, 0.1) is 52.4 Å². The van der Waals surface area contributed by atoms with Crippen LogP contribution in [0.3, 0.4) is 0 Å². The Morgan fingerprint density at radius 1 is 0.417 bits per heavy atom. The SMILES string of the molecule is [NH3+]CCNC(=O)CCN(CCC(=O)NCC[NH3+])CCN(CCC(=O)NCC[NH3+])CCC(=O)NCC[NH3+]. The van der Waals surface area contributed by atoms with Crippen LogP contribution in [0.15, 0.2) is 0 Å². The first-order chi connectivity index (χ1) is 17.4. The summed E-state index contributed by atoms with van der Waals surface area (Å²) in [5, 5.41) is 11.3. The van der Waals surface area contributed by atoms with Gasteiger partial charge in [-0.05, 0) is 0 Å². The molecule has 0 bridgehead atoms. The minimum absolute atomic E-state index is 0.0498. The van der Waals surface area contributed by atoms with Crippen molar-refractivity contribution in [1.82, 2.24) is 31.1 Å². The van der Waals surface area contributed by atoms with Crippen LogP contribution in [0, 0.1) is 0 Å². The molecule has 4 amide bonds. The fraction of sp³-hybridized carbons (Fsp3) is 0.818. The van der Waals surface area contributed by atoms with Gasteiger partial charge in [-0.2, -0.15) is 0 Å². The van der Waals surface area contributed by atoms with Gasteiger partial charge in [0.15, 0.2) is 0 Å². The second-order valence-corrected chi connectivity index (χ2v) is 8.50. The van der Waals surface area contributed by atoms with Crippen LogP contribution in [0.5, 0.6) is 0 Å². The molecule has 210 valence electrons. The van der Waals surface area contributed by atoms with Gasteiger partial charge in [0.25, 0.3) is 0 Å². The van der Waals surface area contributed by atoms with E-state index in [4.69, 9.17) is 0 Å². The molecule has 0 saturated carbocycles. The standard InChI is InChI=1S/C22H48N10O4/c23-5-9-27-19(33)1-13-31(14-2-20(34)28-10-6-24)17-18-32(15-3-21(35)29-11-7-25)16-4-22(36)30-12-8-26/h1-18,23-26H2,(H,27,33)(H,28,34)(H,29,35)(H,30,36)/p+4. The second-order valence-electron chi connectivity index (χ2n) is 8.50. The zero-order chi connectivity index (χ0) is 27.0. The lowest BCUT2D eigenvalue weighted by Crippen LogP contribution is -2.55. The molecule has 0 spiro atoms. The molecule has 0 unspecified atom stereocenters. The average Bonchev–Trinajstić information content (AvgIpc) is 2.88. The van der Waals surface area contributed by atoms with E-state index in [1.165, 1.54) is 0 Å². The highest BCUT2D eigenvalue weighted by Gasteiger charge is 2.15. The molecule has 0 aliphatic rings. The van der Waals surface area contributed by atoms with Crippen molar-refractivity contribution in [3.8, 4) is 0 Å². The number of nitrogens with zero attached hydrogens (tertiary/aromatic N) is 2. The first kappa shape index (κ1) is 33.6. The predicted molar refractivity (Wildman–Crippen MR) is 134 cm³/mol. The van der Waals surface area contributed by atoms with E-state index >= 15 is 0 Å². The van der Waals surface area contributed by atoms with Crippen LogP contribution >= 0.6 is 0 Å². The van der Waals surface area contributed by atoms with E-state index in [2.05, 4.69) is 54.0 Å². The monoisotopic (exact) mass is 520 g/mol. The Bertz CT molecular complexity index is 524. The first-order valence-corrected chi connectivity index (χ1v) is 13.0. The summed E-state index contributed by atoms with van der Waals surface area (Å²) >= 11 is 0. The Morgan fingerprint density at radius 3 is 0.833 bits per heavy atom. The fourth-order valence-electron chi connectivity index (χ4n) is 3.26. The van der Waals surface area contributed by atoms with Gasteiger partial charge in [-0.1, -0.05) is 0 Å². The molecule has 0 aliphatic carbocycles. The zero-order valence-corrected chi connectivity index (χ0v) is 22.1. The molecule has 0 aromatic carbocycles. The summed E-state index contributed by atoms with van der Waals surface area (Å²) in [6.07, 6.45) is 1.28. The van der Waals surface area contributed by atoms with Gasteiger partial charge in [-0.3, -0.25) is 19.2 Å². The summed E-state index contributed by atoms with van der Waals surface area (Å²) in [4.78, 5) is 52.5. The maximum atomic E-state index is 12.1. The quantitative estimate of drug-likeness (QED) is 0.0651. The van der Waals surface area contributed by atoms with E-state index in [0.29, 0.717) is 117 Å². The molecule has 0 rings (SSSR count). The molecule has 14 heteroatoms. The molecule has 0 fully saturated rings. The first-order valence-electron chi connectivity index (χ1n) is 13.0. The Balaban J connectivity index is 5.00. The molecule has 0 aromatic heterocycles. The van der Waals surface area contributed by atoms with Gasteiger partial charge in [0, 0.05) is 65.0 Å². The molecule has 36 heavy (non-hydrogen) atoms. The van der Waals surface area contributed by atoms with E-state index in [-0.39, 0.29) is 23.6 Å². The van der Waals surface area contributed by atoms with E-state index in [9.17, 15) is 19.2 Å². The lowest BCUT2D eigenvalue weighted by atomic mass is 10.2. The van der Waals surface area contributed by atoms with Crippen molar-refractivity contribution < 1.29 is 42.1 Å². The Kier molecular flexibility index (Phi) is 21.6. The van der Waals surface area contributed by atoms with Crippen molar-refractivity contribution in [2.45, 2.75) is 25.7 Å². The van der Waals surface area contributed by atoms with E-state index in [1.807, 2.05) is 0 Å². The smallest absolute Gasteiger partial charge is 0.221 e. The number of nitrogens with one attached hydrogen (secondary N) is 4. The van der Waals surface area contributed by atoms with Gasteiger partial charge in [-0.25, -0.2) is 0 Å². The zero-order valence-electron chi connectivity index (χ0n) is 22.1. The van der Waals surface area contributed by atoms with Crippen LogP contribution in [-0.2, 0) is 19.2 Å². The van der Waals surface area contributed by atoms with Gasteiger partial charge < -0.3 is 54.0 Å². The van der Waals surface area contributed by atoms with E-state index in [0.717, 1.165) is 0 Å². The van der Waals surface area contributed by atoms with Crippen molar-refractivity contribution in [1.29, 1.82) is 0 Å². The summed E-state index contributed by atoms with van der Waals surface area (Å²) in [5.41, 5.74) is 14.9. The van der Waals surface area contributed by atoms with Gasteiger partial charge in [0.1, 0.15) is 0 Å². The maximum absolute atomic E-state index is 12.1. The third-order valence-electron chi connectivity index (χ3n) is 5.35. The summed E-state index contributed by atoms with van der Waals surface area (Å²) in [6.45, 7) is 7.88. The molecule has 0 aromatic rings. The molecular formula is C22H52N10O4+4. The summed E-state index contributed by atoms with van der Waals surface area (Å²) in [6, 6.07) is 0. The summed E-state index contributed by atoms with van der Waals surface area (Å²) in [7, 11) is 0. The minimum atomic E-state index is -0.0498. The molecule has 0 aliphatic heterocycles. The van der Waals surface area contributed by atoms with E-state index in [1.54, 1.807) is 0 Å². The average molecular weight is 521 g/mol. The van der Waals surface area contributed by atoms with Crippen molar-refractivity contribution in [3.63, 3.8) is 0 Å². The molecule has 14 nitrogen and oxygen atoms in total. The third-order valence-corrected chi connectivity index (χ3v) is 5.35. The van der Waals surface area contributed by atoms with Gasteiger partial charge in [0.2, 0.25) is 23.6 Å². The highest BCUT2D eigenvalue weighted by Crippen LogP contribution is 2.01. The lowest BCUT2D eigenvalue weighted by molar-refractivity contribution is -0.365. The third kappa shape index (κ3) is 19.9. The number of quaternary nitrogens is 4. The molecule has 16 N–H and O–H groups in total. The number of carbonyl (C=O) groups is 4. The van der Waals surface area contributed by atoms with Crippen LogP contribution in [0.25, 0.3) is 0 Å². The number of hydrogen-bond donors (Lipinski definition) is 8. The van der Waals surface area contributed by atoms with Gasteiger partial charge >= 0.3 is 0 Å².